The summed E-state index contributed by atoms with van der Waals surface area (Å²) in [4.78, 5) is 25.4. The van der Waals surface area contributed by atoms with E-state index in [1.54, 1.807) is 27.2 Å². The molecule has 34 heavy (non-hydrogen) atoms. The van der Waals surface area contributed by atoms with Gasteiger partial charge in [-0.15, -0.1) is 0 Å². The fraction of sp³-hybridized carbons (Fsp3) is 0.333. The number of para-hydroxylation sites is 1. The Hall–Kier alpha value is -3.74. The van der Waals surface area contributed by atoms with Gasteiger partial charge in [0.2, 0.25) is 5.43 Å². The fourth-order valence-electron chi connectivity index (χ4n) is 3.63. The second-order valence-corrected chi connectivity index (χ2v) is 8.02. The van der Waals surface area contributed by atoms with Crippen LogP contribution in [0.2, 0.25) is 0 Å². The number of hydrogen-bond donors (Lipinski definition) is 1. The number of hydrogen-bond acceptors (Lipinski definition) is 5. The van der Waals surface area contributed by atoms with Crippen molar-refractivity contribution < 1.29 is 19.0 Å². The summed E-state index contributed by atoms with van der Waals surface area (Å²) in [6, 6.07) is 14.7. The van der Waals surface area contributed by atoms with Crippen LogP contribution in [0.25, 0.3) is 0 Å². The first-order valence-corrected chi connectivity index (χ1v) is 11.4. The molecule has 1 N–H and O–H groups in total. The molecule has 1 amide bonds. The third-order valence-corrected chi connectivity index (χ3v) is 5.70. The van der Waals surface area contributed by atoms with Crippen molar-refractivity contribution in [1.82, 2.24) is 4.57 Å². The zero-order chi connectivity index (χ0) is 24.7. The molecule has 0 bridgehead atoms. The van der Waals surface area contributed by atoms with E-state index in [9.17, 15) is 9.59 Å². The summed E-state index contributed by atoms with van der Waals surface area (Å²) < 4.78 is 18.7. The Morgan fingerprint density at radius 2 is 1.76 bits per heavy atom. The van der Waals surface area contributed by atoms with Crippen molar-refractivity contribution in [3.8, 4) is 17.2 Å². The number of carbonyl (C=O) groups is 1. The highest BCUT2D eigenvalue weighted by Crippen LogP contribution is 2.22. The average molecular weight is 465 g/mol. The van der Waals surface area contributed by atoms with Gasteiger partial charge in [0.05, 0.1) is 19.3 Å². The van der Waals surface area contributed by atoms with Crippen molar-refractivity contribution in [2.75, 3.05) is 19.0 Å². The number of carbonyl (C=O) groups excluding carboxylic acids is 1. The number of nitrogens with one attached hydrogen (secondary N) is 1. The zero-order valence-corrected chi connectivity index (χ0v) is 20.4. The number of aryl methyl sites for hydroxylation is 2. The Balaban J connectivity index is 1.66. The minimum absolute atomic E-state index is 0.162. The van der Waals surface area contributed by atoms with E-state index in [2.05, 4.69) is 5.32 Å². The van der Waals surface area contributed by atoms with Crippen molar-refractivity contribution in [2.24, 2.45) is 0 Å². The van der Waals surface area contributed by atoms with E-state index in [4.69, 9.17) is 14.2 Å². The molecule has 0 aliphatic heterocycles. The monoisotopic (exact) mass is 464 g/mol. The Kier molecular flexibility index (Phi) is 8.35. The number of anilines is 1. The van der Waals surface area contributed by atoms with Gasteiger partial charge in [0.15, 0.2) is 11.9 Å². The third-order valence-electron chi connectivity index (χ3n) is 5.70. The molecule has 3 rings (SSSR count). The number of rotatable bonds is 10. The summed E-state index contributed by atoms with van der Waals surface area (Å²) in [5.74, 6) is 1.34. The lowest BCUT2D eigenvalue weighted by Crippen LogP contribution is -2.33. The first-order valence-electron chi connectivity index (χ1n) is 11.4. The van der Waals surface area contributed by atoms with Crippen LogP contribution in [0.15, 0.2) is 59.5 Å². The molecule has 7 nitrogen and oxygen atoms in total. The van der Waals surface area contributed by atoms with E-state index in [-0.39, 0.29) is 17.1 Å². The van der Waals surface area contributed by atoms with Gasteiger partial charge in [-0.05, 0) is 62.6 Å². The van der Waals surface area contributed by atoms with Crippen LogP contribution in [0.5, 0.6) is 17.2 Å². The average Bonchev–Trinajstić information content (AvgIpc) is 2.84. The van der Waals surface area contributed by atoms with Crippen LogP contribution >= 0.6 is 0 Å². The maximum Gasteiger partial charge on any atom is 0.265 e. The maximum atomic E-state index is 12.8. The first-order chi connectivity index (χ1) is 16.3. The third kappa shape index (κ3) is 5.98. The van der Waals surface area contributed by atoms with Gasteiger partial charge in [-0.3, -0.25) is 9.59 Å². The van der Waals surface area contributed by atoms with Crippen LogP contribution in [0.3, 0.4) is 0 Å². The fourth-order valence-corrected chi connectivity index (χ4v) is 3.63. The highest BCUT2D eigenvalue weighted by molar-refractivity contribution is 5.95. The van der Waals surface area contributed by atoms with Gasteiger partial charge < -0.3 is 24.1 Å². The highest BCUT2D eigenvalue weighted by Gasteiger charge is 2.20. The summed E-state index contributed by atoms with van der Waals surface area (Å²) in [5, 5.41) is 2.96. The van der Waals surface area contributed by atoms with Gasteiger partial charge >= 0.3 is 0 Å². The predicted octanol–water partition coefficient (Wildman–Crippen LogP) is 4.52. The largest absolute Gasteiger partial charge is 0.497 e. The molecule has 180 valence electrons. The number of methoxy groups -OCH3 is 1. The maximum absolute atomic E-state index is 12.8. The Bertz CT molecular complexity index is 1180. The molecule has 1 heterocycles. The van der Waals surface area contributed by atoms with E-state index < -0.39 is 6.10 Å². The van der Waals surface area contributed by atoms with E-state index in [1.807, 2.05) is 60.9 Å². The van der Waals surface area contributed by atoms with Crippen molar-refractivity contribution in [3.05, 3.63) is 81.8 Å². The molecule has 2 aromatic carbocycles. The van der Waals surface area contributed by atoms with Gasteiger partial charge in [0.1, 0.15) is 18.1 Å². The summed E-state index contributed by atoms with van der Waals surface area (Å²) in [5.41, 5.74) is 3.19. The number of benzene rings is 2. The van der Waals surface area contributed by atoms with Crippen molar-refractivity contribution >= 4 is 11.6 Å². The molecule has 0 radical (unpaired) electrons. The minimum Gasteiger partial charge on any atom is -0.497 e. The summed E-state index contributed by atoms with van der Waals surface area (Å²) in [6.45, 7) is 8.34. The summed E-state index contributed by atoms with van der Waals surface area (Å²) in [7, 11) is 1.62. The van der Waals surface area contributed by atoms with Crippen LogP contribution in [0.1, 0.15) is 30.7 Å². The van der Waals surface area contributed by atoms with Gasteiger partial charge in [0, 0.05) is 18.0 Å². The molecular weight excluding hydrogens is 432 g/mol. The number of pyridine rings is 1. The number of nitrogens with zero attached hydrogens (tertiary/aromatic N) is 1. The molecule has 0 fully saturated rings. The van der Waals surface area contributed by atoms with Crippen LogP contribution in [-0.4, -0.2) is 30.3 Å². The van der Waals surface area contributed by atoms with Crippen molar-refractivity contribution in [2.45, 2.75) is 46.8 Å². The SMILES string of the molecule is CCc1cccc(C)c1NC(=O)C(C)Oc1c(C)n(CCOc2ccc(OC)cc2)ccc1=O. The van der Waals surface area contributed by atoms with Crippen LogP contribution in [0, 0.1) is 13.8 Å². The molecule has 0 aliphatic rings. The lowest BCUT2D eigenvalue weighted by atomic mass is 10.1. The highest BCUT2D eigenvalue weighted by atomic mass is 16.5. The number of amides is 1. The molecule has 1 aromatic heterocycles. The zero-order valence-electron chi connectivity index (χ0n) is 20.4. The van der Waals surface area contributed by atoms with E-state index in [0.29, 0.717) is 18.8 Å². The summed E-state index contributed by atoms with van der Waals surface area (Å²) >= 11 is 0. The lowest BCUT2D eigenvalue weighted by Gasteiger charge is -2.20. The second-order valence-electron chi connectivity index (χ2n) is 8.02. The van der Waals surface area contributed by atoms with Crippen LogP contribution in [-0.2, 0) is 17.8 Å². The van der Waals surface area contributed by atoms with Crippen molar-refractivity contribution in [3.63, 3.8) is 0 Å². The molecule has 0 saturated carbocycles. The molecule has 7 heteroatoms. The molecular formula is C27H32N2O5. The predicted molar refractivity (Wildman–Crippen MR) is 133 cm³/mol. The van der Waals surface area contributed by atoms with Gasteiger partial charge in [-0.1, -0.05) is 25.1 Å². The van der Waals surface area contributed by atoms with Gasteiger partial charge in [-0.2, -0.15) is 0 Å². The van der Waals surface area contributed by atoms with Crippen molar-refractivity contribution in [1.29, 1.82) is 0 Å². The minimum atomic E-state index is -0.845. The molecule has 0 saturated heterocycles. The first kappa shape index (κ1) is 24.9. The number of aromatic nitrogens is 1. The molecule has 1 atom stereocenters. The van der Waals surface area contributed by atoms with Gasteiger partial charge in [0.25, 0.3) is 5.91 Å². The second kappa shape index (κ2) is 11.4. The molecule has 1 unspecified atom stereocenters. The standard InChI is InChI=1S/C27H32N2O5/c1-6-21-9-7-8-18(2)25(21)28-27(31)20(4)34-26-19(3)29(15-14-24(26)30)16-17-33-23-12-10-22(32-5)11-13-23/h7-15,20H,6,16-17H2,1-5H3,(H,28,31). The Morgan fingerprint density at radius 1 is 1.06 bits per heavy atom. The Morgan fingerprint density at radius 3 is 2.44 bits per heavy atom. The molecule has 0 aliphatic carbocycles. The lowest BCUT2D eigenvalue weighted by molar-refractivity contribution is -0.122. The smallest absolute Gasteiger partial charge is 0.265 e. The topological polar surface area (TPSA) is 78.8 Å². The normalized spacial score (nSPS) is 11.6. The summed E-state index contributed by atoms with van der Waals surface area (Å²) in [6.07, 6.45) is 1.66. The number of ether oxygens (including phenoxy) is 3. The van der Waals surface area contributed by atoms with Gasteiger partial charge in [-0.25, -0.2) is 0 Å². The molecule has 3 aromatic rings. The Labute approximate surface area is 200 Å². The van der Waals surface area contributed by atoms with E-state index in [0.717, 1.165) is 34.7 Å². The van der Waals surface area contributed by atoms with Crippen LogP contribution < -0.4 is 25.0 Å². The van der Waals surface area contributed by atoms with E-state index in [1.165, 1.54) is 6.07 Å². The quantitative estimate of drug-likeness (QED) is 0.477. The molecule has 0 spiro atoms. The van der Waals surface area contributed by atoms with E-state index >= 15 is 0 Å². The van der Waals surface area contributed by atoms with Crippen LogP contribution in [0.4, 0.5) is 5.69 Å².